The fraction of sp³-hybridized carbons (Fsp3) is 0.381. The first-order chi connectivity index (χ1) is 15.4. The van der Waals surface area contributed by atoms with E-state index in [1.54, 1.807) is 11.3 Å². The van der Waals surface area contributed by atoms with Gasteiger partial charge in [-0.15, -0.1) is 21.5 Å². The van der Waals surface area contributed by atoms with Crippen molar-refractivity contribution >= 4 is 52.0 Å². The van der Waals surface area contributed by atoms with Crippen LogP contribution in [-0.2, 0) is 24.2 Å². The van der Waals surface area contributed by atoms with Crippen LogP contribution in [0.2, 0.25) is 5.02 Å². The van der Waals surface area contributed by atoms with Crippen molar-refractivity contribution in [3.8, 4) is 11.4 Å². The van der Waals surface area contributed by atoms with Gasteiger partial charge in [0.05, 0.1) is 21.4 Å². The van der Waals surface area contributed by atoms with E-state index in [1.165, 1.54) is 46.8 Å². The zero-order chi connectivity index (χ0) is 22.8. The molecule has 3 aromatic rings. The summed E-state index contributed by atoms with van der Waals surface area (Å²) < 4.78 is 2.03. The maximum atomic E-state index is 12.5. The summed E-state index contributed by atoms with van der Waals surface area (Å²) in [5.41, 5.74) is 2.60. The Morgan fingerprint density at radius 2 is 2.25 bits per heavy atom. The lowest BCUT2D eigenvalue weighted by Gasteiger charge is -2.19. The van der Waals surface area contributed by atoms with E-state index in [-0.39, 0.29) is 28.1 Å². The number of nitrogens with zero attached hydrogens (tertiary/aromatic N) is 4. The Balaban J connectivity index is 1.47. The van der Waals surface area contributed by atoms with Gasteiger partial charge in [0, 0.05) is 34.5 Å². The zero-order valence-electron chi connectivity index (χ0n) is 17.6. The number of halogens is 1. The lowest BCUT2D eigenvalue weighted by molar-refractivity contribution is -0.384. The summed E-state index contributed by atoms with van der Waals surface area (Å²) in [7, 11) is 0. The molecule has 0 radical (unpaired) electrons. The molecular weight excluding hydrogens is 470 g/mol. The highest BCUT2D eigenvalue weighted by Crippen LogP contribution is 2.38. The molecular formula is C21H22ClN5O3S2. The van der Waals surface area contributed by atoms with Gasteiger partial charge in [0.1, 0.15) is 0 Å². The molecule has 1 amide bonds. The quantitative estimate of drug-likeness (QED) is 0.268. The number of benzene rings is 1. The molecule has 32 heavy (non-hydrogen) atoms. The number of rotatable bonds is 7. The van der Waals surface area contributed by atoms with Gasteiger partial charge in [-0.1, -0.05) is 30.3 Å². The maximum Gasteiger partial charge on any atom is 0.271 e. The Bertz CT molecular complexity index is 1180. The summed E-state index contributed by atoms with van der Waals surface area (Å²) in [6.07, 6.45) is 3.35. The summed E-state index contributed by atoms with van der Waals surface area (Å²) >= 11 is 9.13. The molecule has 4 rings (SSSR count). The Labute approximate surface area is 198 Å². The Hall–Kier alpha value is -2.43. The molecule has 1 unspecified atom stereocenters. The van der Waals surface area contributed by atoms with Gasteiger partial charge in [0.25, 0.3) is 5.69 Å². The van der Waals surface area contributed by atoms with Crippen molar-refractivity contribution in [2.45, 2.75) is 44.8 Å². The minimum Gasteiger partial charge on any atom is -0.324 e. The van der Waals surface area contributed by atoms with Crippen LogP contribution in [0.1, 0.15) is 30.7 Å². The number of nitro groups is 1. The fourth-order valence-electron chi connectivity index (χ4n) is 3.78. The van der Waals surface area contributed by atoms with Crippen LogP contribution in [0.4, 0.5) is 11.4 Å². The first kappa shape index (κ1) is 22.8. The number of thioether (sulfide) groups is 1. The minimum absolute atomic E-state index is 0.0798. The number of carbonyl (C=O) groups excluding carboxylic acids is 1. The standard InChI is InChI=1S/C21H22ClN5O3S2/c1-3-26-20(15-10-31-18-8-12(2)4-6-14(15)18)24-25-21(26)32-11-19(28)23-17-9-13(27(29)30)5-7-16(17)22/h5,7,9-10,12H,3-4,6,8,11H2,1-2H3,(H,23,28). The monoisotopic (exact) mass is 491 g/mol. The molecule has 0 bridgehead atoms. The number of amides is 1. The van der Waals surface area contributed by atoms with Gasteiger partial charge in [-0.2, -0.15) is 0 Å². The molecule has 2 aromatic heterocycles. The van der Waals surface area contributed by atoms with Crippen molar-refractivity contribution in [1.29, 1.82) is 0 Å². The van der Waals surface area contributed by atoms with Crippen molar-refractivity contribution in [1.82, 2.24) is 14.8 Å². The largest absolute Gasteiger partial charge is 0.324 e. The van der Waals surface area contributed by atoms with E-state index in [1.807, 2.05) is 11.5 Å². The number of nitro benzene ring substituents is 1. The normalized spacial score (nSPS) is 15.4. The highest BCUT2D eigenvalue weighted by molar-refractivity contribution is 7.99. The third-order valence-corrected chi connectivity index (χ3v) is 7.79. The van der Waals surface area contributed by atoms with Gasteiger partial charge in [-0.3, -0.25) is 14.9 Å². The summed E-state index contributed by atoms with van der Waals surface area (Å²) in [5, 5.41) is 25.4. The van der Waals surface area contributed by atoms with Crippen LogP contribution in [0.25, 0.3) is 11.4 Å². The molecule has 1 aliphatic rings. The molecule has 0 fully saturated rings. The molecule has 1 N–H and O–H groups in total. The lowest BCUT2D eigenvalue weighted by Crippen LogP contribution is -2.15. The summed E-state index contributed by atoms with van der Waals surface area (Å²) in [6, 6.07) is 3.94. The number of hydrogen-bond acceptors (Lipinski definition) is 7. The number of hydrogen-bond donors (Lipinski definition) is 1. The van der Waals surface area contributed by atoms with E-state index >= 15 is 0 Å². The van der Waals surface area contributed by atoms with E-state index < -0.39 is 4.92 Å². The first-order valence-electron chi connectivity index (χ1n) is 10.3. The van der Waals surface area contributed by atoms with Crippen LogP contribution in [0, 0.1) is 16.0 Å². The summed E-state index contributed by atoms with van der Waals surface area (Å²) in [4.78, 5) is 24.3. The number of carbonyl (C=O) groups is 1. The molecule has 8 nitrogen and oxygen atoms in total. The van der Waals surface area contributed by atoms with E-state index in [4.69, 9.17) is 11.6 Å². The Morgan fingerprint density at radius 3 is 3.00 bits per heavy atom. The van der Waals surface area contributed by atoms with Crippen LogP contribution in [0.15, 0.2) is 28.7 Å². The average molecular weight is 492 g/mol. The predicted octanol–water partition coefficient (Wildman–Crippen LogP) is 5.44. The number of nitrogens with one attached hydrogen (secondary N) is 1. The molecule has 1 aromatic carbocycles. The Kier molecular flexibility index (Phi) is 6.82. The van der Waals surface area contributed by atoms with E-state index in [0.29, 0.717) is 17.6 Å². The predicted molar refractivity (Wildman–Crippen MR) is 128 cm³/mol. The number of aromatic nitrogens is 3. The average Bonchev–Trinajstić information content (AvgIpc) is 3.36. The van der Waals surface area contributed by atoms with Crippen molar-refractivity contribution in [2.24, 2.45) is 5.92 Å². The molecule has 1 aliphatic carbocycles. The molecule has 0 aliphatic heterocycles. The van der Waals surface area contributed by atoms with Gasteiger partial charge in [0.15, 0.2) is 11.0 Å². The molecule has 168 valence electrons. The Morgan fingerprint density at radius 1 is 1.44 bits per heavy atom. The number of anilines is 1. The van der Waals surface area contributed by atoms with E-state index in [2.05, 4.69) is 27.8 Å². The van der Waals surface area contributed by atoms with Crippen LogP contribution in [0.5, 0.6) is 0 Å². The van der Waals surface area contributed by atoms with E-state index in [0.717, 1.165) is 24.2 Å². The lowest BCUT2D eigenvalue weighted by atomic mass is 9.88. The topological polar surface area (TPSA) is 103 Å². The smallest absolute Gasteiger partial charge is 0.271 e. The van der Waals surface area contributed by atoms with Crippen molar-refractivity contribution in [2.75, 3.05) is 11.1 Å². The van der Waals surface area contributed by atoms with Crippen molar-refractivity contribution < 1.29 is 9.72 Å². The SMILES string of the molecule is CCn1c(SCC(=O)Nc2cc([N+](=O)[O-])ccc2Cl)nnc1-c1csc2c1CCC(C)C2. The molecule has 0 saturated carbocycles. The second-order valence-corrected chi connectivity index (χ2v) is 10.0. The molecule has 2 heterocycles. The van der Waals surface area contributed by atoms with Crippen LogP contribution in [0.3, 0.4) is 0 Å². The van der Waals surface area contributed by atoms with Gasteiger partial charge in [-0.25, -0.2) is 0 Å². The first-order valence-corrected chi connectivity index (χ1v) is 12.5. The summed E-state index contributed by atoms with van der Waals surface area (Å²) in [6.45, 7) is 5.00. The molecule has 0 saturated heterocycles. The highest BCUT2D eigenvalue weighted by atomic mass is 35.5. The van der Waals surface area contributed by atoms with Crippen LogP contribution in [-0.4, -0.2) is 31.3 Å². The van der Waals surface area contributed by atoms with Crippen LogP contribution < -0.4 is 5.32 Å². The minimum atomic E-state index is -0.532. The van der Waals surface area contributed by atoms with Crippen molar-refractivity contribution in [3.05, 3.63) is 49.2 Å². The third-order valence-electron chi connectivity index (χ3n) is 5.44. The molecule has 0 spiro atoms. The fourth-order valence-corrected chi connectivity index (χ4v) is 5.99. The van der Waals surface area contributed by atoms with Gasteiger partial charge >= 0.3 is 0 Å². The van der Waals surface area contributed by atoms with Gasteiger partial charge in [0.2, 0.25) is 5.91 Å². The van der Waals surface area contributed by atoms with Crippen molar-refractivity contribution in [3.63, 3.8) is 0 Å². The number of non-ortho nitro benzene ring substituents is 1. The highest BCUT2D eigenvalue weighted by Gasteiger charge is 2.24. The molecule has 11 heteroatoms. The van der Waals surface area contributed by atoms with E-state index in [9.17, 15) is 14.9 Å². The molecule has 1 atom stereocenters. The third kappa shape index (κ3) is 4.67. The van der Waals surface area contributed by atoms with Crippen LogP contribution >= 0.6 is 34.7 Å². The second-order valence-electron chi connectivity index (χ2n) is 7.71. The second kappa shape index (κ2) is 9.60. The number of thiophene rings is 1. The van der Waals surface area contributed by atoms with Gasteiger partial charge < -0.3 is 9.88 Å². The summed E-state index contributed by atoms with van der Waals surface area (Å²) in [5.74, 6) is 1.30. The number of fused-ring (bicyclic) bond motifs is 1. The maximum absolute atomic E-state index is 12.5. The zero-order valence-corrected chi connectivity index (χ0v) is 20.0. The van der Waals surface area contributed by atoms with Gasteiger partial charge in [-0.05, 0) is 43.7 Å².